The topological polar surface area (TPSA) is 59.0 Å². The molecule has 1 fully saturated rings. The molecule has 5 nitrogen and oxygen atoms in total. The molecule has 0 aromatic carbocycles. The van der Waals surface area contributed by atoms with Gasteiger partial charge in [0, 0.05) is 38.3 Å². The maximum absolute atomic E-state index is 12.7. The normalized spacial score (nSPS) is 24.0. The number of amides is 1. The van der Waals surface area contributed by atoms with Crippen LogP contribution in [-0.4, -0.2) is 34.8 Å². The van der Waals surface area contributed by atoms with E-state index in [0.717, 1.165) is 25.1 Å². The lowest BCUT2D eigenvalue weighted by molar-refractivity contribution is -0.126. The zero-order valence-electron chi connectivity index (χ0n) is 13.8. The Balaban J connectivity index is 2.07. The second kappa shape index (κ2) is 6.18. The molecule has 1 saturated heterocycles. The number of aryl methyl sites for hydroxylation is 1. The van der Waals surface area contributed by atoms with Gasteiger partial charge in [-0.15, -0.1) is 0 Å². The Bertz CT molecular complexity index is 489. The van der Waals surface area contributed by atoms with Crippen molar-refractivity contribution in [1.29, 1.82) is 0 Å². The molecule has 1 aliphatic rings. The Kier molecular flexibility index (Phi) is 4.71. The quantitative estimate of drug-likeness (QED) is 0.887. The molecule has 1 aliphatic heterocycles. The van der Waals surface area contributed by atoms with Gasteiger partial charge < -0.3 is 10.6 Å². The summed E-state index contributed by atoms with van der Waals surface area (Å²) in [5, 5.41) is 10.8. The molecule has 2 heterocycles. The third-order valence-electron chi connectivity index (χ3n) is 4.47. The Labute approximate surface area is 127 Å². The van der Waals surface area contributed by atoms with E-state index < -0.39 is 0 Å². The summed E-state index contributed by atoms with van der Waals surface area (Å²) in [6.07, 6.45) is 4.84. The van der Waals surface area contributed by atoms with E-state index in [0.29, 0.717) is 0 Å². The van der Waals surface area contributed by atoms with Gasteiger partial charge in [-0.2, -0.15) is 5.10 Å². The van der Waals surface area contributed by atoms with Crippen molar-refractivity contribution in [2.75, 3.05) is 13.1 Å². The molecule has 1 aromatic rings. The summed E-state index contributed by atoms with van der Waals surface area (Å²) >= 11 is 0. The third-order valence-corrected chi connectivity index (χ3v) is 4.47. The summed E-state index contributed by atoms with van der Waals surface area (Å²) in [7, 11) is 1.91. The van der Waals surface area contributed by atoms with Crippen LogP contribution in [0.4, 0.5) is 0 Å². The highest BCUT2D eigenvalue weighted by molar-refractivity contribution is 5.80. The number of nitrogens with one attached hydrogen (secondary N) is 2. The van der Waals surface area contributed by atoms with Gasteiger partial charge in [-0.3, -0.25) is 9.48 Å². The maximum atomic E-state index is 12.7. The lowest BCUT2D eigenvalue weighted by atomic mass is 9.84. The Morgan fingerprint density at radius 2 is 2.24 bits per heavy atom. The van der Waals surface area contributed by atoms with Crippen LogP contribution in [0.1, 0.15) is 45.6 Å². The molecule has 1 aromatic heterocycles. The number of nitrogens with zero attached hydrogens (tertiary/aromatic N) is 2. The number of aromatic nitrogens is 2. The van der Waals surface area contributed by atoms with Crippen LogP contribution in [0.2, 0.25) is 0 Å². The predicted octanol–water partition coefficient (Wildman–Crippen LogP) is 1.66. The highest BCUT2D eigenvalue weighted by Gasteiger charge is 2.36. The van der Waals surface area contributed by atoms with Crippen molar-refractivity contribution in [2.45, 2.75) is 46.1 Å². The zero-order chi connectivity index (χ0) is 15.6. The average molecular weight is 292 g/mol. The molecule has 0 saturated carbocycles. The van der Waals surface area contributed by atoms with E-state index in [9.17, 15) is 4.79 Å². The molecule has 118 valence electrons. The standard InChI is InChI=1S/C16H28N4O/c1-6-14(16(2,3)4)19-15(21)13-9-17-8-12(13)11-7-18-20(5)10-11/h7,10,12-14,17H,6,8-9H2,1-5H3,(H,19,21)/t12-,13+,14?/m1/s1. The van der Waals surface area contributed by atoms with Gasteiger partial charge in [0.05, 0.1) is 12.1 Å². The van der Waals surface area contributed by atoms with E-state index in [1.54, 1.807) is 4.68 Å². The highest BCUT2D eigenvalue weighted by Crippen LogP contribution is 2.29. The molecule has 0 aliphatic carbocycles. The first-order valence-corrected chi connectivity index (χ1v) is 7.82. The van der Waals surface area contributed by atoms with Gasteiger partial charge >= 0.3 is 0 Å². The SMILES string of the molecule is CCC(NC(=O)[C@H]1CNC[C@@H]1c1cnn(C)c1)C(C)(C)C. The van der Waals surface area contributed by atoms with Crippen molar-refractivity contribution in [3.8, 4) is 0 Å². The maximum Gasteiger partial charge on any atom is 0.225 e. The van der Waals surface area contributed by atoms with Crippen LogP contribution in [0.3, 0.4) is 0 Å². The van der Waals surface area contributed by atoms with E-state index in [1.807, 2.05) is 19.4 Å². The van der Waals surface area contributed by atoms with E-state index in [-0.39, 0.29) is 29.2 Å². The molecule has 2 rings (SSSR count). The van der Waals surface area contributed by atoms with E-state index in [4.69, 9.17) is 0 Å². The molecule has 21 heavy (non-hydrogen) atoms. The van der Waals surface area contributed by atoms with Gasteiger partial charge in [-0.25, -0.2) is 0 Å². The molecule has 3 atom stereocenters. The van der Waals surface area contributed by atoms with Crippen molar-refractivity contribution < 1.29 is 4.79 Å². The van der Waals surface area contributed by atoms with Crippen LogP contribution in [0, 0.1) is 11.3 Å². The van der Waals surface area contributed by atoms with Crippen molar-refractivity contribution in [2.24, 2.45) is 18.4 Å². The predicted molar refractivity (Wildman–Crippen MR) is 84.0 cm³/mol. The largest absolute Gasteiger partial charge is 0.353 e. The van der Waals surface area contributed by atoms with Crippen molar-refractivity contribution in [1.82, 2.24) is 20.4 Å². The summed E-state index contributed by atoms with van der Waals surface area (Å²) in [5.74, 6) is 0.373. The third kappa shape index (κ3) is 3.64. The number of carbonyl (C=O) groups excluding carboxylic acids is 1. The first-order valence-electron chi connectivity index (χ1n) is 7.82. The minimum absolute atomic E-state index is 0.00870. The second-order valence-electron chi connectivity index (χ2n) is 7.15. The van der Waals surface area contributed by atoms with Gasteiger partial charge in [0.25, 0.3) is 0 Å². The van der Waals surface area contributed by atoms with E-state index in [2.05, 4.69) is 43.4 Å². The van der Waals surface area contributed by atoms with Crippen molar-refractivity contribution in [3.63, 3.8) is 0 Å². The minimum atomic E-state index is -0.00870. The van der Waals surface area contributed by atoms with Crippen LogP contribution in [0.25, 0.3) is 0 Å². The fraction of sp³-hybridized carbons (Fsp3) is 0.750. The molecule has 1 unspecified atom stereocenters. The van der Waals surface area contributed by atoms with Crippen LogP contribution >= 0.6 is 0 Å². The van der Waals surface area contributed by atoms with E-state index in [1.165, 1.54) is 0 Å². The van der Waals surface area contributed by atoms with Crippen LogP contribution in [0.5, 0.6) is 0 Å². The molecule has 0 radical (unpaired) electrons. The summed E-state index contributed by atoms with van der Waals surface area (Å²) in [5.41, 5.74) is 1.23. The molecular weight excluding hydrogens is 264 g/mol. The number of rotatable bonds is 4. The summed E-state index contributed by atoms with van der Waals surface area (Å²) in [4.78, 5) is 12.7. The molecule has 2 N–H and O–H groups in total. The second-order valence-corrected chi connectivity index (χ2v) is 7.15. The van der Waals surface area contributed by atoms with E-state index >= 15 is 0 Å². The Hall–Kier alpha value is -1.36. The average Bonchev–Trinajstić information content (AvgIpc) is 3.02. The molecule has 5 heteroatoms. The molecule has 0 bridgehead atoms. The first-order chi connectivity index (χ1) is 9.82. The van der Waals surface area contributed by atoms with Gasteiger partial charge in [-0.1, -0.05) is 27.7 Å². The monoisotopic (exact) mass is 292 g/mol. The fourth-order valence-electron chi connectivity index (χ4n) is 3.15. The molecule has 0 spiro atoms. The molecular formula is C16H28N4O. The van der Waals surface area contributed by atoms with Crippen LogP contribution < -0.4 is 10.6 Å². The minimum Gasteiger partial charge on any atom is -0.353 e. The smallest absolute Gasteiger partial charge is 0.225 e. The Morgan fingerprint density at radius 3 is 2.76 bits per heavy atom. The first kappa shape index (κ1) is 16.0. The van der Waals surface area contributed by atoms with Gasteiger partial charge in [-0.05, 0) is 17.4 Å². The zero-order valence-corrected chi connectivity index (χ0v) is 13.8. The Morgan fingerprint density at radius 1 is 1.52 bits per heavy atom. The fourth-order valence-corrected chi connectivity index (χ4v) is 3.15. The van der Waals surface area contributed by atoms with Crippen molar-refractivity contribution in [3.05, 3.63) is 18.0 Å². The highest BCUT2D eigenvalue weighted by atomic mass is 16.2. The number of hydrogen-bond acceptors (Lipinski definition) is 3. The summed E-state index contributed by atoms with van der Waals surface area (Å²) in [6, 6.07) is 0.208. The number of carbonyl (C=O) groups is 1. The van der Waals surface area contributed by atoms with Gasteiger partial charge in [0.15, 0.2) is 0 Å². The lowest BCUT2D eigenvalue weighted by Crippen LogP contribution is -2.46. The molecule has 1 amide bonds. The lowest BCUT2D eigenvalue weighted by Gasteiger charge is -2.32. The number of hydrogen-bond donors (Lipinski definition) is 2. The summed E-state index contributed by atoms with van der Waals surface area (Å²) in [6.45, 7) is 10.2. The van der Waals surface area contributed by atoms with Crippen LogP contribution in [0.15, 0.2) is 12.4 Å². The van der Waals surface area contributed by atoms with Crippen LogP contribution in [-0.2, 0) is 11.8 Å². The van der Waals surface area contributed by atoms with Gasteiger partial charge in [0.2, 0.25) is 5.91 Å². The van der Waals surface area contributed by atoms with Gasteiger partial charge in [0.1, 0.15) is 0 Å². The van der Waals surface area contributed by atoms with Crippen molar-refractivity contribution >= 4 is 5.91 Å². The summed E-state index contributed by atoms with van der Waals surface area (Å²) < 4.78 is 1.80.